The number of hydrogen-bond donors (Lipinski definition) is 2. The summed E-state index contributed by atoms with van der Waals surface area (Å²) in [7, 11) is 0. The fourth-order valence-corrected chi connectivity index (χ4v) is 2.40. The van der Waals surface area contributed by atoms with Crippen molar-refractivity contribution >= 4 is 5.97 Å². The number of allylic oxidation sites excluding steroid dienone is 2. The number of carbonyl (C=O) groups excluding carboxylic acids is 1. The van der Waals surface area contributed by atoms with Gasteiger partial charge in [0.15, 0.2) is 6.10 Å². The van der Waals surface area contributed by atoms with E-state index in [9.17, 15) is 4.79 Å². The van der Waals surface area contributed by atoms with Gasteiger partial charge < -0.3 is 19.9 Å². The summed E-state index contributed by atoms with van der Waals surface area (Å²) in [5, 5.41) is 11.8. The summed E-state index contributed by atoms with van der Waals surface area (Å²) in [6.07, 6.45) is 13.0. The third-order valence-corrected chi connectivity index (χ3v) is 3.90. The summed E-state index contributed by atoms with van der Waals surface area (Å²) in [6, 6.07) is 0. The maximum Gasteiger partial charge on any atom is 0.335 e. The molecule has 0 bridgehead atoms. The van der Waals surface area contributed by atoms with Crippen molar-refractivity contribution in [2.45, 2.75) is 77.7 Å². The van der Waals surface area contributed by atoms with E-state index in [1.807, 2.05) is 6.92 Å². The zero-order valence-electron chi connectivity index (χ0n) is 16.3. The van der Waals surface area contributed by atoms with Crippen molar-refractivity contribution in [1.29, 1.82) is 0 Å². The van der Waals surface area contributed by atoms with E-state index in [0.717, 1.165) is 57.9 Å². The first-order valence-corrected chi connectivity index (χ1v) is 10.0. The van der Waals surface area contributed by atoms with Gasteiger partial charge in [0.25, 0.3) is 0 Å². The van der Waals surface area contributed by atoms with Gasteiger partial charge in [0.1, 0.15) is 0 Å². The van der Waals surface area contributed by atoms with Crippen molar-refractivity contribution in [3.05, 3.63) is 12.2 Å². The molecule has 0 saturated heterocycles. The molecule has 0 fully saturated rings. The highest BCUT2D eigenvalue weighted by molar-refractivity contribution is 5.74. The van der Waals surface area contributed by atoms with Crippen LogP contribution < -0.4 is 5.32 Å². The van der Waals surface area contributed by atoms with Gasteiger partial charge in [-0.25, -0.2) is 4.79 Å². The fraction of sp³-hybridized carbons (Fsp3) is 0.850. The van der Waals surface area contributed by atoms with E-state index in [1.54, 1.807) is 0 Å². The van der Waals surface area contributed by atoms with E-state index in [4.69, 9.17) is 14.6 Å². The molecule has 2 N–H and O–H groups in total. The highest BCUT2D eigenvalue weighted by Gasteiger charge is 2.18. The van der Waals surface area contributed by atoms with E-state index < -0.39 is 6.10 Å². The summed E-state index contributed by atoms with van der Waals surface area (Å²) in [5.41, 5.74) is 0. The topological polar surface area (TPSA) is 67.8 Å². The Kier molecular flexibility index (Phi) is 18.7. The lowest BCUT2D eigenvalue weighted by molar-refractivity contribution is -0.157. The second-order valence-electron chi connectivity index (χ2n) is 6.20. The number of rotatable bonds is 18. The highest BCUT2D eigenvalue weighted by atomic mass is 16.6. The zero-order valence-corrected chi connectivity index (χ0v) is 16.3. The molecule has 148 valence electrons. The number of aliphatic hydroxyl groups is 1. The molecule has 25 heavy (non-hydrogen) atoms. The molecule has 0 aliphatic carbocycles. The number of esters is 1. The Hall–Kier alpha value is -0.910. The van der Waals surface area contributed by atoms with Gasteiger partial charge in [-0.2, -0.15) is 0 Å². The quantitative estimate of drug-likeness (QED) is 0.223. The molecular weight excluding hydrogens is 318 g/mol. The maximum atomic E-state index is 12.0. The van der Waals surface area contributed by atoms with Crippen LogP contribution in [-0.4, -0.2) is 50.1 Å². The first-order valence-electron chi connectivity index (χ1n) is 10.0. The van der Waals surface area contributed by atoms with E-state index in [1.165, 1.54) is 0 Å². The molecule has 0 aromatic rings. The van der Waals surface area contributed by atoms with Crippen LogP contribution in [0.25, 0.3) is 0 Å². The van der Waals surface area contributed by atoms with Crippen molar-refractivity contribution in [3.8, 4) is 0 Å². The van der Waals surface area contributed by atoms with Gasteiger partial charge in [-0.15, -0.1) is 0 Å². The Morgan fingerprint density at radius 1 is 1.00 bits per heavy atom. The number of aliphatic hydroxyl groups excluding tert-OH is 1. The Morgan fingerprint density at radius 2 is 1.76 bits per heavy atom. The van der Waals surface area contributed by atoms with Crippen LogP contribution in [0.5, 0.6) is 0 Å². The maximum absolute atomic E-state index is 12.0. The second-order valence-corrected chi connectivity index (χ2v) is 6.20. The number of carbonyl (C=O) groups is 1. The number of ether oxygens (including phenoxy) is 2. The number of hydrogen-bond acceptors (Lipinski definition) is 5. The molecule has 0 rings (SSSR count). The van der Waals surface area contributed by atoms with Gasteiger partial charge in [0.2, 0.25) is 0 Å². The average Bonchev–Trinajstić information content (AvgIpc) is 2.62. The fourth-order valence-electron chi connectivity index (χ4n) is 2.40. The first kappa shape index (κ1) is 24.1. The molecule has 0 spiro atoms. The van der Waals surface area contributed by atoms with Gasteiger partial charge in [-0.1, -0.05) is 38.8 Å². The Bertz CT molecular complexity index is 321. The van der Waals surface area contributed by atoms with E-state index in [2.05, 4.69) is 24.4 Å². The summed E-state index contributed by atoms with van der Waals surface area (Å²) in [4.78, 5) is 12.0. The van der Waals surface area contributed by atoms with Gasteiger partial charge in [-0.3, -0.25) is 0 Å². The van der Waals surface area contributed by atoms with Crippen LogP contribution in [0.2, 0.25) is 0 Å². The Morgan fingerprint density at radius 3 is 2.48 bits per heavy atom. The minimum atomic E-state index is -0.422. The van der Waals surface area contributed by atoms with Crippen molar-refractivity contribution in [2.75, 3.05) is 32.9 Å². The van der Waals surface area contributed by atoms with E-state index >= 15 is 0 Å². The summed E-state index contributed by atoms with van der Waals surface area (Å²) in [5.74, 6) is -0.224. The monoisotopic (exact) mass is 357 g/mol. The average molecular weight is 358 g/mol. The van der Waals surface area contributed by atoms with Crippen molar-refractivity contribution in [3.63, 3.8) is 0 Å². The summed E-state index contributed by atoms with van der Waals surface area (Å²) < 4.78 is 11.0. The van der Waals surface area contributed by atoms with Crippen LogP contribution in [-0.2, 0) is 14.3 Å². The van der Waals surface area contributed by atoms with Gasteiger partial charge >= 0.3 is 5.97 Å². The molecular formula is C20H39NO4. The first-order chi connectivity index (χ1) is 12.3. The summed E-state index contributed by atoms with van der Waals surface area (Å²) >= 11 is 0. The lowest BCUT2D eigenvalue weighted by Crippen LogP contribution is -2.26. The Labute approximate surface area is 154 Å². The SMILES string of the molecule is CC/C=C\CCCCOC(CC)C(=O)OCCCCCCNCCO. The second kappa shape index (κ2) is 19.4. The molecule has 0 aliphatic heterocycles. The van der Waals surface area contributed by atoms with E-state index in [0.29, 0.717) is 26.2 Å². The largest absolute Gasteiger partial charge is 0.464 e. The molecule has 0 aliphatic rings. The van der Waals surface area contributed by atoms with E-state index in [-0.39, 0.29) is 12.6 Å². The zero-order chi connectivity index (χ0) is 18.6. The molecule has 1 unspecified atom stereocenters. The van der Waals surface area contributed by atoms with Gasteiger partial charge in [0.05, 0.1) is 13.2 Å². The molecule has 0 aromatic carbocycles. The normalized spacial score (nSPS) is 12.6. The van der Waals surface area contributed by atoms with Crippen LogP contribution in [0.1, 0.15) is 71.6 Å². The van der Waals surface area contributed by atoms with Crippen molar-refractivity contribution in [2.24, 2.45) is 0 Å². The van der Waals surface area contributed by atoms with Crippen LogP contribution in [0.3, 0.4) is 0 Å². The molecule has 0 amide bonds. The van der Waals surface area contributed by atoms with Crippen LogP contribution in [0.4, 0.5) is 0 Å². The van der Waals surface area contributed by atoms with Gasteiger partial charge in [0, 0.05) is 13.2 Å². The van der Waals surface area contributed by atoms with Crippen molar-refractivity contribution in [1.82, 2.24) is 5.32 Å². The molecule has 0 radical (unpaired) electrons. The predicted octanol–water partition coefficient (Wildman–Crippen LogP) is 3.60. The minimum Gasteiger partial charge on any atom is -0.464 e. The third-order valence-electron chi connectivity index (χ3n) is 3.90. The molecule has 0 saturated carbocycles. The van der Waals surface area contributed by atoms with Crippen LogP contribution in [0, 0.1) is 0 Å². The lowest BCUT2D eigenvalue weighted by atomic mass is 10.2. The molecule has 1 atom stereocenters. The summed E-state index contributed by atoms with van der Waals surface area (Å²) in [6.45, 7) is 6.96. The third kappa shape index (κ3) is 16.3. The van der Waals surface area contributed by atoms with Crippen LogP contribution >= 0.6 is 0 Å². The molecule has 0 heterocycles. The predicted molar refractivity (Wildman–Crippen MR) is 103 cm³/mol. The number of nitrogens with one attached hydrogen (secondary N) is 1. The Balaban J connectivity index is 3.55. The highest BCUT2D eigenvalue weighted by Crippen LogP contribution is 2.06. The smallest absolute Gasteiger partial charge is 0.335 e. The van der Waals surface area contributed by atoms with Gasteiger partial charge in [-0.05, 0) is 51.5 Å². The number of unbranched alkanes of at least 4 members (excludes halogenated alkanes) is 5. The minimum absolute atomic E-state index is 0.187. The van der Waals surface area contributed by atoms with Crippen LogP contribution in [0.15, 0.2) is 12.2 Å². The molecule has 5 nitrogen and oxygen atoms in total. The standard InChI is InChI=1S/C20H39NO4/c1-3-5-6-7-9-12-17-24-19(4-2)20(23)25-18-13-10-8-11-14-21-15-16-22/h5-6,19,21-22H,3-4,7-18H2,1-2H3/b6-5-. The van der Waals surface area contributed by atoms with Crippen molar-refractivity contribution < 1.29 is 19.4 Å². The lowest BCUT2D eigenvalue weighted by Gasteiger charge is -2.15. The molecule has 0 aromatic heterocycles. The molecule has 5 heteroatoms.